The van der Waals surface area contributed by atoms with Crippen LogP contribution in [-0.4, -0.2) is 29.1 Å². The van der Waals surface area contributed by atoms with Crippen LogP contribution in [0.2, 0.25) is 0 Å². The number of aromatic nitrogens is 1. The smallest absolute Gasteiger partial charge is 0.0487 e. The number of hydrogen-bond acceptors (Lipinski definition) is 2. The highest BCUT2D eigenvalue weighted by molar-refractivity contribution is 7.08. The van der Waals surface area contributed by atoms with Crippen molar-refractivity contribution in [1.29, 1.82) is 0 Å². The number of likely N-dealkylation sites (N-methyl/N-ethyl adjacent to an activating group) is 1. The van der Waals surface area contributed by atoms with Crippen LogP contribution in [-0.2, 0) is 6.54 Å². The van der Waals surface area contributed by atoms with Crippen molar-refractivity contribution in [1.82, 2.24) is 9.47 Å². The van der Waals surface area contributed by atoms with Gasteiger partial charge in [-0.15, -0.1) is 0 Å². The third-order valence-electron chi connectivity index (χ3n) is 4.71. The van der Waals surface area contributed by atoms with Gasteiger partial charge < -0.3 is 9.47 Å². The molecule has 4 rings (SSSR count). The van der Waals surface area contributed by atoms with E-state index >= 15 is 0 Å². The predicted octanol–water partition coefficient (Wildman–Crippen LogP) is 4.46. The Morgan fingerprint density at radius 2 is 2.14 bits per heavy atom. The molecule has 1 atom stereocenters. The van der Waals surface area contributed by atoms with Crippen molar-refractivity contribution in [2.45, 2.75) is 25.4 Å². The second kappa shape index (κ2) is 5.32. The maximum Gasteiger partial charge on any atom is 0.0487 e. The second-order valence-electron chi connectivity index (χ2n) is 6.03. The van der Waals surface area contributed by atoms with Crippen molar-refractivity contribution >= 4 is 22.2 Å². The quantitative estimate of drug-likeness (QED) is 0.692. The van der Waals surface area contributed by atoms with Crippen molar-refractivity contribution in [3.05, 3.63) is 47.3 Å². The third-order valence-corrected chi connectivity index (χ3v) is 5.39. The molecule has 2 aromatic heterocycles. The van der Waals surface area contributed by atoms with Gasteiger partial charge in [-0.25, -0.2) is 0 Å². The SMILES string of the molecule is CN1CCC[C@H]1Cn1ccc2ccc(-c3ccsc3)cc21. The molecule has 0 bridgehead atoms. The van der Waals surface area contributed by atoms with Crippen LogP contribution in [0.5, 0.6) is 0 Å². The monoisotopic (exact) mass is 296 g/mol. The highest BCUT2D eigenvalue weighted by Gasteiger charge is 2.21. The summed E-state index contributed by atoms with van der Waals surface area (Å²) in [6.45, 7) is 2.34. The molecule has 1 aromatic carbocycles. The Morgan fingerprint density at radius 1 is 1.19 bits per heavy atom. The molecule has 0 aliphatic carbocycles. The fourth-order valence-electron chi connectivity index (χ4n) is 3.39. The highest BCUT2D eigenvalue weighted by atomic mass is 32.1. The molecular formula is C18H20N2S. The van der Waals surface area contributed by atoms with Crippen LogP contribution in [0.1, 0.15) is 12.8 Å². The fraction of sp³-hybridized carbons (Fsp3) is 0.333. The van der Waals surface area contributed by atoms with E-state index in [1.807, 2.05) is 0 Å². The summed E-state index contributed by atoms with van der Waals surface area (Å²) in [5.74, 6) is 0. The van der Waals surface area contributed by atoms with Crippen molar-refractivity contribution in [3.8, 4) is 11.1 Å². The summed E-state index contributed by atoms with van der Waals surface area (Å²) in [7, 11) is 2.25. The van der Waals surface area contributed by atoms with Gasteiger partial charge in [-0.1, -0.05) is 12.1 Å². The first-order valence-corrected chi connectivity index (χ1v) is 8.57. The molecule has 0 spiro atoms. The Hall–Kier alpha value is -1.58. The molecule has 3 heterocycles. The fourth-order valence-corrected chi connectivity index (χ4v) is 4.05. The Morgan fingerprint density at radius 3 is 2.90 bits per heavy atom. The van der Waals surface area contributed by atoms with Gasteiger partial charge in [0, 0.05) is 24.3 Å². The van der Waals surface area contributed by atoms with Gasteiger partial charge in [0.15, 0.2) is 0 Å². The zero-order valence-corrected chi connectivity index (χ0v) is 13.1. The number of thiophene rings is 1. The molecule has 3 heteroatoms. The van der Waals surface area contributed by atoms with Gasteiger partial charge in [-0.05, 0) is 71.9 Å². The van der Waals surface area contributed by atoms with E-state index < -0.39 is 0 Å². The number of benzene rings is 1. The molecule has 2 nitrogen and oxygen atoms in total. The molecule has 1 aliphatic heterocycles. The summed E-state index contributed by atoms with van der Waals surface area (Å²) < 4.78 is 2.43. The van der Waals surface area contributed by atoms with E-state index in [2.05, 4.69) is 63.8 Å². The van der Waals surface area contributed by atoms with E-state index in [-0.39, 0.29) is 0 Å². The summed E-state index contributed by atoms with van der Waals surface area (Å²) in [5.41, 5.74) is 4.01. The zero-order valence-electron chi connectivity index (χ0n) is 12.3. The Balaban J connectivity index is 1.70. The average Bonchev–Trinajstić information content (AvgIpc) is 3.22. The second-order valence-corrected chi connectivity index (χ2v) is 6.81. The lowest BCUT2D eigenvalue weighted by Crippen LogP contribution is -2.28. The van der Waals surface area contributed by atoms with Gasteiger partial charge in [-0.3, -0.25) is 0 Å². The Labute approximate surface area is 129 Å². The molecule has 0 saturated carbocycles. The van der Waals surface area contributed by atoms with Gasteiger partial charge in [0.05, 0.1) is 0 Å². The molecule has 0 amide bonds. The first-order valence-electron chi connectivity index (χ1n) is 7.63. The molecule has 108 valence electrons. The molecule has 1 fully saturated rings. The van der Waals surface area contributed by atoms with Crippen LogP contribution < -0.4 is 0 Å². The number of rotatable bonds is 3. The Bertz CT molecular complexity index is 742. The average molecular weight is 296 g/mol. The van der Waals surface area contributed by atoms with Gasteiger partial charge >= 0.3 is 0 Å². The number of nitrogens with zero attached hydrogens (tertiary/aromatic N) is 2. The first-order chi connectivity index (χ1) is 10.3. The first kappa shape index (κ1) is 13.1. The van der Waals surface area contributed by atoms with E-state index in [1.54, 1.807) is 11.3 Å². The van der Waals surface area contributed by atoms with Gasteiger partial charge in [0.1, 0.15) is 0 Å². The minimum atomic E-state index is 0.686. The van der Waals surface area contributed by atoms with Gasteiger partial charge in [-0.2, -0.15) is 11.3 Å². The summed E-state index contributed by atoms with van der Waals surface area (Å²) >= 11 is 1.76. The highest BCUT2D eigenvalue weighted by Crippen LogP contribution is 2.27. The predicted molar refractivity (Wildman–Crippen MR) is 90.9 cm³/mol. The molecule has 0 N–H and O–H groups in total. The zero-order chi connectivity index (χ0) is 14.2. The molecule has 1 saturated heterocycles. The Kier molecular flexibility index (Phi) is 3.32. The van der Waals surface area contributed by atoms with E-state index in [0.29, 0.717) is 6.04 Å². The summed E-state index contributed by atoms with van der Waals surface area (Å²) in [6, 6.07) is 11.9. The number of hydrogen-bond donors (Lipinski definition) is 0. The topological polar surface area (TPSA) is 8.17 Å². The van der Waals surface area contributed by atoms with Crippen molar-refractivity contribution in [2.75, 3.05) is 13.6 Å². The van der Waals surface area contributed by atoms with E-state index in [1.165, 1.54) is 41.4 Å². The van der Waals surface area contributed by atoms with E-state index in [0.717, 1.165) is 6.54 Å². The number of fused-ring (bicyclic) bond motifs is 1. The molecule has 0 unspecified atom stereocenters. The van der Waals surface area contributed by atoms with Crippen molar-refractivity contribution in [2.24, 2.45) is 0 Å². The van der Waals surface area contributed by atoms with Crippen LogP contribution in [0.3, 0.4) is 0 Å². The van der Waals surface area contributed by atoms with Crippen molar-refractivity contribution in [3.63, 3.8) is 0 Å². The van der Waals surface area contributed by atoms with Crippen molar-refractivity contribution < 1.29 is 0 Å². The molecular weight excluding hydrogens is 276 g/mol. The van der Waals surface area contributed by atoms with E-state index in [9.17, 15) is 0 Å². The van der Waals surface area contributed by atoms with Gasteiger partial charge in [0.25, 0.3) is 0 Å². The van der Waals surface area contributed by atoms with Crippen LogP contribution in [0, 0.1) is 0 Å². The maximum atomic E-state index is 2.49. The van der Waals surface area contributed by atoms with Crippen LogP contribution in [0.4, 0.5) is 0 Å². The molecule has 3 aromatic rings. The normalized spacial score (nSPS) is 19.6. The molecule has 0 radical (unpaired) electrons. The summed E-state index contributed by atoms with van der Waals surface area (Å²) in [6.07, 6.45) is 4.90. The minimum Gasteiger partial charge on any atom is -0.346 e. The van der Waals surface area contributed by atoms with E-state index in [4.69, 9.17) is 0 Å². The lowest BCUT2D eigenvalue weighted by Gasteiger charge is -2.20. The largest absolute Gasteiger partial charge is 0.346 e. The van der Waals surface area contributed by atoms with Crippen LogP contribution in [0.15, 0.2) is 47.3 Å². The van der Waals surface area contributed by atoms with Crippen LogP contribution >= 0.6 is 11.3 Å². The lowest BCUT2D eigenvalue weighted by atomic mass is 10.1. The lowest BCUT2D eigenvalue weighted by molar-refractivity contribution is 0.284. The molecule has 1 aliphatic rings. The summed E-state index contributed by atoms with van der Waals surface area (Å²) in [5, 5.41) is 5.71. The van der Waals surface area contributed by atoms with Gasteiger partial charge in [0.2, 0.25) is 0 Å². The number of likely N-dealkylation sites (tertiary alicyclic amines) is 1. The minimum absolute atomic E-state index is 0.686. The maximum absolute atomic E-state index is 2.49. The standard InChI is InChI=1S/C18H20N2S/c1-19-8-2-3-17(19)12-20-9-6-14-4-5-15(11-18(14)20)16-7-10-21-13-16/h4-7,9-11,13,17H,2-3,8,12H2,1H3/t17-/m0/s1. The third kappa shape index (κ3) is 2.41. The summed E-state index contributed by atoms with van der Waals surface area (Å²) in [4.78, 5) is 2.49. The van der Waals surface area contributed by atoms with Crippen LogP contribution in [0.25, 0.3) is 22.0 Å². The molecule has 21 heavy (non-hydrogen) atoms.